The predicted octanol–water partition coefficient (Wildman–Crippen LogP) is 4.56. The number of rotatable bonds is 7. The van der Waals surface area contributed by atoms with E-state index in [4.69, 9.17) is 4.74 Å². The summed E-state index contributed by atoms with van der Waals surface area (Å²) >= 11 is 0. The minimum absolute atomic E-state index is 0.492. The van der Waals surface area contributed by atoms with Crippen LogP contribution in [0.5, 0.6) is 5.75 Å². The lowest BCUT2D eigenvalue weighted by atomic mass is 9.90. The monoisotopic (exact) mass is 275 g/mol. The third kappa shape index (κ3) is 3.76. The van der Waals surface area contributed by atoms with Gasteiger partial charge in [0.05, 0.1) is 6.61 Å². The molecule has 3 unspecified atom stereocenters. The molecule has 1 aliphatic rings. The maximum atomic E-state index is 5.66. The number of ether oxygens (including phenoxy) is 1. The normalized spacial score (nSPS) is 23.8. The molecule has 3 atom stereocenters. The lowest BCUT2D eigenvalue weighted by molar-refractivity contribution is 0.317. The molecule has 2 nitrogen and oxygen atoms in total. The van der Waals surface area contributed by atoms with Gasteiger partial charge in [-0.2, -0.15) is 0 Å². The molecule has 1 N–H and O–H groups in total. The highest BCUT2D eigenvalue weighted by Crippen LogP contribution is 2.40. The van der Waals surface area contributed by atoms with Crippen molar-refractivity contribution in [1.29, 1.82) is 0 Å². The molecule has 0 saturated heterocycles. The summed E-state index contributed by atoms with van der Waals surface area (Å²) in [7, 11) is 2.09. The van der Waals surface area contributed by atoms with Crippen molar-refractivity contribution in [2.24, 2.45) is 11.8 Å². The molecule has 1 fully saturated rings. The number of hydrogen-bond acceptors (Lipinski definition) is 2. The maximum absolute atomic E-state index is 5.66. The van der Waals surface area contributed by atoms with Crippen LogP contribution in [0.25, 0.3) is 0 Å². The van der Waals surface area contributed by atoms with Crippen molar-refractivity contribution >= 4 is 0 Å². The Kier molecular flexibility index (Phi) is 5.90. The lowest BCUT2D eigenvalue weighted by Gasteiger charge is -2.24. The van der Waals surface area contributed by atoms with Gasteiger partial charge in [-0.3, -0.25) is 0 Å². The topological polar surface area (TPSA) is 21.3 Å². The Morgan fingerprint density at radius 1 is 1.20 bits per heavy atom. The van der Waals surface area contributed by atoms with Gasteiger partial charge in [0.2, 0.25) is 0 Å². The van der Waals surface area contributed by atoms with Crippen LogP contribution in [0, 0.1) is 11.8 Å². The van der Waals surface area contributed by atoms with E-state index in [-0.39, 0.29) is 0 Å². The highest BCUT2D eigenvalue weighted by Gasteiger charge is 2.29. The summed E-state index contributed by atoms with van der Waals surface area (Å²) in [5.74, 6) is 2.71. The lowest BCUT2D eigenvalue weighted by Crippen LogP contribution is -2.23. The summed E-state index contributed by atoms with van der Waals surface area (Å²) in [5, 5.41) is 3.53. The van der Waals surface area contributed by atoms with Crippen LogP contribution in [0.15, 0.2) is 24.3 Å². The molecule has 0 amide bonds. The van der Waals surface area contributed by atoms with Gasteiger partial charge in [0.25, 0.3) is 0 Å². The Balaban J connectivity index is 2.00. The Bertz CT molecular complexity index is 387. The second-order valence-corrected chi connectivity index (χ2v) is 6.03. The van der Waals surface area contributed by atoms with Gasteiger partial charge >= 0.3 is 0 Å². The summed E-state index contributed by atoms with van der Waals surface area (Å²) in [6, 6.07) is 9.17. The molecular weight excluding hydrogens is 246 g/mol. The van der Waals surface area contributed by atoms with Gasteiger partial charge in [0.1, 0.15) is 5.75 Å². The fourth-order valence-corrected chi connectivity index (χ4v) is 3.45. The van der Waals surface area contributed by atoms with E-state index in [0.29, 0.717) is 6.04 Å². The van der Waals surface area contributed by atoms with E-state index in [1.807, 2.05) is 0 Å². The molecule has 0 spiro atoms. The van der Waals surface area contributed by atoms with Crippen molar-refractivity contribution in [1.82, 2.24) is 5.32 Å². The number of nitrogens with one attached hydrogen (secondary N) is 1. The van der Waals surface area contributed by atoms with E-state index >= 15 is 0 Å². The highest BCUT2D eigenvalue weighted by atomic mass is 16.5. The first-order chi connectivity index (χ1) is 9.78. The molecule has 2 heteroatoms. The van der Waals surface area contributed by atoms with Crippen LogP contribution in [0.2, 0.25) is 0 Å². The molecule has 112 valence electrons. The van der Waals surface area contributed by atoms with Gasteiger partial charge < -0.3 is 10.1 Å². The van der Waals surface area contributed by atoms with E-state index in [0.717, 1.165) is 30.6 Å². The standard InChI is InChI=1S/C18H29NO/c1-4-12-20-17-10-8-15(9-11-17)18(19-3)16-7-6-14(5-2)13-16/h8-11,14,16,18-19H,4-7,12-13H2,1-3H3. The van der Waals surface area contributed by atoms with Crippen molar-refractivity contribution < 1.29 is 4.74 Å². The molecule has 1 saturated carbocycles. The zero-order valence-electron chi connectivity index (χ0n) is 13.2. The van der Waals surface area contributed by atoms with E-state index in [1.165, 1.54) is 31.2 Å². The van der Waals surface area contributed by atoms with Crippen LogP contribution in [0.4, 0.5) is 0 Å². The van der Waals surface area contributed by atoms with Gasteiger partial charge in [0.15, 0.2) is 0 Å². The largest absolute Gasteiger partial charge is 0.494 e. The predicted molar refractivity (Wildman–Crippen MR) is 85.2 cm³/mol. The first kappa shape index (κ1) is 15.4. The molecule has 0 aromatic heterocycles. The Hall–Kier alpha value is -1.02. The zero-order valence-corrected chi connectivity index (χ0v) is 13.2. The average Bonchev–Trinajstić information content (AvgIpc) is 2.96. The summed E-state index contributed by atoms with van der Waals surface area (Å²) in [6.07, 6.45) is 6.52. The van der Waals surface area contributed by atoms with Crippen LogP contribution in [0.1, 0.15) is 57.6 Å². The third-order valence-electron chi connectivity index (χ3n) is 4.65. The van der Waals surface area contributed by atoms with E-state index < -0.39 is 0 Å². The fraction of sp³-hybridized carbons (Fsp3) is 0.667. The second-order valence-electron chi connectivity index (χ2n) is 6.03. The molecule has 1 aliphatic carbocycles. The molecule has 0 heterocycles. The summed E-state index contributed by atoms with van der Waals surface area (Å²) in [6.45, 7) is 5.26. The quantitative estimate of drug-likeness (QED) is 0.787. The summed E-state index contributed by atoms with van der Waals surface area (Å²) in [5.41, 5.74) is 1.40. The Morgan fingerprint density at radius 3 is 2.50 bits per heavy atom. The van der Waals surface area contributed by atoms with Gasteiger partial charge in [-0.1, -0.05) is 38.8 Å². The molecule has 1 aromatic carbocycles. The first-order valence-corrected chi connectivity index (χ1v) is 8.18. The number of hydrogen-bond donors (Lipinski definition) is 1. The van der Waals surface area contributed by atoms with Crippen molar-refractivity contribution in [3.8, 4) is 5.75 Å². The molecule has 2 rings (SSSR count). The Labute approximate surface area is 123 Å². The first-order valence-electron chi connectivity index (χ1n) is 8.18. The summed E-state index contributed by atoms with van der Waals surface area (Å²) in [4.78, 5) is 0. The summed E-state index contributed by atoms with van der Waals surface area (Å²) < 4.78 is 5.66. The van der Waals surface area contributed by atoms with Crippen LogP contribution in [-0.4, -0.2) is 13.7 Å². The van der Waals surface area contributed by atoms with Crippen molar-refractivity contribution in [2.45, 2.75) is 52.0 Å². The van der Waals surface area contributed by atoms with Crippen molar-refractivity contribution in [3.63, 3.8) is 0 Å². The van der Waals surface area contributed by atoms with E-state index in [2.05, 4.69) is 50.5 Å². The van der Waals surface area contributed by atoms with Crippen LogP contribution in [-0.2, 0) is 0 Å². The minimum atomic E-state index is 0.492. The molecule has 20 heavy (non-hydrogen) atoms. The SMILES string of the molecule is CCCOc1ccc(C(NC)C2CCC(CC)C2)cc1. The maximum Gasteiger partial charge on any atom is 0.119 e. The zero-order chi connectivity index (χ0) is 14.4. The molecule has 0 aliphatic heterocycles. The van der Waals surface area contributed by atoms with Gasteiger partial charge in [-0.05, 0) is 55.8 Å². The van der Waals surface area contributed by atoms with Gasteiger partial charge in [0, 0.05) is 6.04 Å². The highest BCUT2D eigenvalue weighted by molar-refractivity contribution is 5.29. The van der Waals surface area contributed by atoms with E-state index in [9.17, 15) is 0 Å². The van der Waals surface area contributed by atoms with Crippen LogP contribution >= 0.6 is 0 Å². The molecule has 1 aromatic rings. The van der Waals surface area contributed by atoms with Crippen LogP contribution in [0.3, 0.4) is 0 Å². The molecule has 0 radical (unpaired) electrons. The molecule has 0 bridgehead atoms. The second kappa shape index (κ2) is 7.68. The van der Waals surface area contributed by atoms with Crippen molar-refractivity contribution in [2.75, 3.05) is 13.7 Å². The van der Waals surface area contributed by atoms with Gasteiger partial charge in [-0.25, -0.2) is 0 Å². The average molecular weight is 275 g/mol. The van der Waals surface area contributed by atoms with E-state index in [1.54, 1.807) is 0 Å². The third-order valence-corrected chi connectivity index (χ3v) is 4.65. The fourth-order valence-electron chi connectivity index (χ4n) is 3.45. The minimum Gasteiger partial charge on any atom is -0.494 e. The van der Waals surface area contributed by atoms with Crippen molar-refractivity contribution in [3.05, 3.63) is 29.8 Å². The van der Waals surface area contributed by atoms with Gasteiger partial charge in [-0.15, -0.1) is 0 Å². The Morgan fingerprint density at radius 2 is 1.95 bits per heavy atom. The van der Waals surface area contributed by atoms with Crippen LogP contribution < -0.4 is 10.1 Å². The molecular formula is C18H29NO. The number of benzene rings is 1. The smallest absolute Gasteiger partial charge is 0.119 e.